The molecule has 166 valence electrons. The van der Waals surface area contributed by atoms with Crippen molar-refractivity contribution in [3.8, 4) is 0 Å². The number of rotatable bonds is 6. The van der Waals surface area contributed by atoms with Crippen molar-refractivity contribution in [2.24, 2.45) is 11.8 Å². The quantitative estimate of drug-likeness (QED) is 0.419. The van der Waals surface area contributed by atoms with E-state index in [1.165, 1.54) is 25.1 Å². The largest absolute Gasteiger partial charge is 0.449 e. The summed E-state index contributed by atoms with van der Waals surface area (Å²) >= 11 is 0. The van der Waals surface area contributed by atoms with E-state index in [0.717, 1.165) is 6.42 Å². The second-order valence-electron chi connectivity index (χ2n) is 8.17. The van der Waals surface area contributed by atoms with Gasteiger partial charge >= 0.3 is 5.97 Å². The fourth-order valence-electron chi connectivity index (χ4n) is 3.86. The third-order valence-electron chi connectivity index (χ3n) is 5.15. The lowest BCUT2D eigenvalue weighted by atomic mass is 9.91. The van der Waals surface area contributed by atoms with Gasteiger partial charge in [-0.1, -0.05) is 19.0 Å². The number of amides is 1. The number of esters is 1. The predicted molar refractivity (Wildman–Crippen MR) is 113 cm³/mol. The van der Waals surface area contributed by atoms with Gasteiger partial charge in [-0.15, -0.1) is 0 Å². The van der Waals surface area contributed by atoms with Crippen molar-refractivity contribution in [2.75, 3.05) is 23.3 Å². The van der Waals surface area contributed by atoms with Crippen LogP contribution in [-0.4, -0.2) is 41.1 Å². The molecular formula is C21H26N4O6. The molecule has 1 aromatic carbocycles. The van der Waals surface area contributed by atoms with Crippen LogP contribution in [0, 0.1) is 28.9 Å². The van der Waals surface area contributed by atoms with E-state index < -0.39 is 22.9 Å². The molecule has 1 saturated heterocycles. The molecule has 1 amide bonds. The van der Waals surface area contributed by atoms with Gasteiger partial charge in [0.25, 0.3) is 11.6 Å². The number of nitrogens with zero attached hydrogens (tertiary/aromatic N) is 3. The van der Waals surface area contributed by atoms with Crippen LogP contribution in [0.25, 0.3) is 0 Å². The fraction of sp³-hybridized carbons (Fsp3) is 0.476. The van der Waals surface area contributed by atoms with E-state index in [2.05, 4.69) is 24.3 Å². The highest BCUT2D eigenvalue weighted by atomic mass is 16.6. The smallest absolute Gasteiger partial charge is 0.339 e. The molecule has 1 aromatic heterocycles. The molecule has 1 aliphatic rings. The van der Waals surface area contributed by atoms with Crippen LogP contribution in [0.2, 0.25) is 0 Å². The number of carbonyl (C=O) groups excluding carboxylic acids is 2. The Kier molecular flexibility index (Phi) is 6.57. The number of hydrogen-bond donors (Lipinski definition) is 1. The molecule has 3 rings (SSSR count). The number of aryl methyl sites for hydroxylation is 1. The third-order valence-corrected chi connectivity index (χ3v) is 5.15. The number of nitro benzene ring substituents is 1. The van der Waals surface area contributed by atoms with Gasteiger partial charge in [0.2, 0.25) is 0 Å². The van der Waals surface area contributed by atoms with E-state index in [-0.39, 0.29) is 17.1 Å². The Morgan fingerprint density at radius 3 is 2.55 bits per heavy atom. The Morgan fingerprint density at radius 2 is 1.97 bits per heavy atom. The highest BCUT2D eigenvalue weighted by Gasteiger charge is 2.29. The summed E-state index contributed by atoms with van der Waals surface area (Å²) in [6, 6.07) is 5.78. The Labute approximate surface area is 179 Å². The van der Waals surface area contributed by atoms with Crippen LogP contribution in [0.15, 0.2) is 28.8 Å². The summed E-state index contributed by atoms with van der Waals surface area (Å²) in [6.45, 7) is 8.74. The van der Waals surface area contributed by atoms with E-state index in [1.54, 1.807) is 13.0 Å². The van der Waals surface area contributed by atoms with Crippen LogP contribution in [-0.2, 0) is 9.53 Å². The van der Waals surface area contributed by atoms with Crippen LogP contribution >= 0.6 is 0 Å². The first-order chi connectivity index (χ1) is 14.6. The van der Waals surface area contributed by atoms with Gasteiger partial charge in [-0.2, -0.15) is 0 Å². The van der Waals surface area contributed by atoms with Crippen LogP contribution in [0.1, 0.15) is 43.3 Å². The van der Waals surface area contributed by atoms with Crippen molar-refractivity contribution >= 4 is 29.1 Å². The molecular weight excluding hydrogens is 404 g/mol. The van der Waals surface area contributed by atoms with Crippen molar-refractivity contribution in [1.82, 2.24) is 5.16 Å². The number of carbonyl (C=O) groups is 2. The summed E-state index contributed by atoms with van der Waals surface area (Å²) in [5.41, 5.74) is 0.323. The van der Waals surface area contributed by atoms with E-state index in [9.17, 15) is 19.7 Å². The summed E-state index contributed by atoms with van der Waals surface area (Å²) in [5, 5.41) is 17.8. The first kappa shape index (κ1) is 22.3. The number of benzene rings is 1. The van der Waals surface area contributed by atoms with Gasteiger partial charge in [-0.05, 0) is 44.2 Å². The molecule has 0 unspecified atom stereocenters. The first-order valence-corrected chi connectivity index (χ1v) is 10.1. The molecule has 0 bridgehead atoms. The van der Waals surface area contributed by atoms with E-state index in [1.807, 2.05) is 4.90 Å². The van der Waals surface area contributed by atoms with Crippen molar-refractivity contribution in [2.45, 2.75) is 40.2 Å². The summed E-state index contributed by atoms with van der Waals surface area (Å²) in [4.78, 5) is 37.9. The molecule has 1 aliphatic heterocycles. The predicted octanol–water partition coefficient (Wildman–Crippen LogP) is 3.56. The summed E-state index contributed by atoms with van der Waals surface area (Å²) in [5.74, 6) is 0.139. The minimum Gasteiger partial charge on any atom is -0.449 e. The summed E-state index contributed by atoms with van der Waals surface area (Å²) in [6.07, 6.45) is -0.0604. The maximum absolute atomic E-state index is 12.5. The molecule has 0 saturated carbocycles. The lowest BCUT2D eigenvalue weighted by Crippen LogP contribution is -2.39. The molecule has 3 atom stereocenters. The van der Waals surface area contributed by atoms with Crippen LogP contribution in [0.4, 0.5) is 17.2 Å². The highest BCUT2D eigenvalue weighted by Crippen LogP contribution is 2.34. The number of anilines is 2. The molecule has 0 spiro atoms. The minimum absolute atomic E-state index is 0.00508. The number of nitrogens with one attached hydrogen (secondary N) is 1. The van der Waals surface area contributed by atoms with E-state index in [4.69, 9.17) is 9.26 Å². The number of nitro groups is 1. The van der Waals surface area contributed by atoms with Gasteiger partial charge in [0.1, 0.15) is 11.4 Å². The van der Waals surface area contributed by atoms with E-state index >= 15 is 0 Å². The molecule has 1 fully saturated rings. The molecule has 0 aliphatic carbocycles. The van der Waals surface area contributed by atoms with Crippen molar-refractivity contribution in [3.63, 3.8) is 0 Å². The van der Waals surface area contributed by atoms with E-state index in [0.29, 0.717) is 36.4 Å². The van der Waals surface area contributed by atoms with Gasteiger partial charge in [0.05, 0.1) is 10.5 Å². The lowest BCUT2D eigenvalue weighted by molar-refractivity contribution is -0.384. The molecule has 1 N–H and O–H groups in total. The fourth-order valence-corrected chi connectivity index (χ4v) is 3.86. The van der Waals surface area contributed by atoms with Gasteiger partial charge in [-0.3, -0.25) is 14.9 Å². The molecule has 2 heterocycles. The minimum atomic E-state index is -1.13. The standard InChI is InChI=1S/C21H26N4O6/c1-12-7-13(2)11-24(10-12)17-6-5-16(9-18(17)25(28)29)21(27)30-15(4)20(26)22-19-8-14(3)31-23-19/h5-6,8-9,12-13,15H,7,10-11H2,1-4H3,(H,22,23,26)/t12-,13+,15-/m0/s1. The average molecular weight is 430 g/mol. The lowest BCUT2D eigenvalue weighted by Gasteiger charge is -2.36. The molecule has 10 nitrogen and oxygen atoms in total. The van der Waals surface area contributed by atoms with Gasteiger partial charge in [-0.25, -0.2) is 4.79 Å². The molecule has 2 aromatic rings. The Hall–Kier alpha value is -3.43. The Bertz CT molecular complexity index is 978. The van der Waals surface area contributed by atoms with Gasteiger partial charge < -0.3 is 19.5 Å². The average Bonchev–Trinajstić information content (AvgIpc) is 3.11. The van der Waals surface area contributed by atoms with Crippen molar-refractivity contribution < 1.29 is 23.8 Å². The second kappa shape index (κ2) is 9.15. The molecule has 31 heavy (non-hydrogen) atoms. The molecule has 0 radical (unpaired) electrons. The molecule has 10 heteroatoms. The topological polar surface area (TPSA) is 128 Å². The first-order valence-electron chi connectivity index (χ1n) is 10.1. The Balaban J connectivity index is 1.73. The highest BCUT2D eigenvalue weighted by molar-refractivity contribution is 5.97. The van der Waals surface area contributed by atoms with Crippen LogP contribution in [0.5, 0.6) is 0 Å². The van der Waals surface area contributed by atoms with Gasteiger partial charge in [0.15, 0.2) is 11.9 Å². The van der Waals surface area contributed by atoms with Crippen LogP contribution < -0.4 is 10.2 Å². The zero-order valence-electron chi connectivity index (χ0n) is 18.0. The van der Waals surface area contributed by atoms with Crippen molar-refractivity contribution in [1.29, 1.82) is 0 Å². The van der Waals surface area contributed by atoms with Gasteiger partial charge in [0, 0.05) is 25.2 Å². The maximum atomic E-state index is 12.5. The van der Waals surface area contributed by atoms with Crippen LogP contribution in [0.3, 0.4) is 0 Å². The summed E-state index contributed by atoms with van der Waals surface area (Å²) in [7, 11) is 0. The Morgan fingerprint density at radius 1 is 1.29 bits per heavy atom. The second-order valence-corrected chi connectivity index (χ2v) is 8.17. The number of hydrogen-bond acceptors (Lipinski definition) is 8. The third kappa shape index (κ3) is 5.39. The number of ether oxygens (including phenoxy) is 1. The number of piperidine rings is 1. The zero-order chi connectivity index (χ0) is 22.7. The summed E-state index contributed by atoms with van der Waals surface area (Å²) < 4.78 is 10.1. The number of aromatic nitrogens is 1. The SMILES string of the molecule is Cc1cc(NC(=O)[C@H](C)OC(=O)c2ccc(N3C[C@H](C)C[C@H](C)C3)c([N+](=O)[O-])c2)no1. The maximum Gasteiger partial charge on any atom is 0.339 e. The monoisotopic (exact) mass is 430 g/mol. The zero-order valence-corrected chi connectivity index (χ0v) is 18.0. The van der Waals surface area contributed by atoms with Crippen molar-refractivity contribution in [3.05, 3.63) is 45.7 Å². The normalized spacial score (nSPS) is 19.5.